The molecule has 2 saturated carbocycles. The van der Waals surface area contributed by atoms with Gasteiger partial charge in [0, 0.05) is 25.6 Å². The number of hydrogen-bond donors (Lipinski definition) is 3. The van der Waals surface area contributed by atoms with E-state index in [-0.39, 0.29) is 42.6 Å². The molecule has 1 amide bonds. The number of amides is 1. The summed E-state index contributed by atoms with van der Waals surface area (Å²) in [6.45, 7) is 0.702. The van der Waals surface area contributed by atoms with Crippen molar-refractivity contribution in [2.75, 3.05) is 18.8 Å². The van der Waals surface area contributed by atoms with E-state index in [2.05, 4.69) is 10.0 Å². The summed E-state index contributed by atoms with van der Waals surface area (Å²) < 4.78 is 26.2. The number of carbonyl (C=O) groups is 1. The molecule has 8 heteroatoms. The zero-order valence-corrected chi connectivity index (χ0v) is 14.6. The lowest BCUT2D eigenvalue weighted by Gasteiger charge is -2.25. The number of halogens is 1. The van der Waals surface area contributed by atoms with Crippen molar-refractivity contribution in [2.24, 2.45) is 17.6 Å². The smallest absolute Gasteiger partial charge is 0.220 e. The predicted molar refractivity (Wildman–Crippen MR) is 89.3 cm³/mol. The molecular formula is C14H28ClN3O3S. The van der Waals surface area contributed by atoms with Gasteiger partial charge in [0.1, 0.15) is 0 Å². The lowest BCUT2D eigenvalue weighted by Crippen LogP contribution is -2.38. The number of sulfonamides is 1. The number of hydrogen-bond acceptors (Lipinski definition) is 4. The van der Waals surface area contributed by atoms with E-state index in [1.807, 2.05) is 0 Å². The van der Waals surface area contributed by atoms with Gasteiger partial charge in [-0.15, -0.1) is 12.4 Å². The van der Waals surface area contributed by atoms with Crippen molar-refractivity contribution in [3.8, 4) is 0 Å². The second kappa shape index (κ2) is 9.05. The molecule has 2 rings (SSSR count). The molecule has 0 aromatic rings. The largest absolute Gasteiger partial charge is 0.355 e. The maximum Gasteiger partial charge on any atom is 0.220 e. The number of rotatable bonds is 8. The van der Waals surface area contributed by atoms with Crippen LogP contribution in [0, 0.1) is 11.8 Å². The molecule has 2 fully saturated rings. The van der Waals surface area contributed by atoms with Crippen LogP contribution in [0.4, 0.5) is 0 Å². The Balaban J connectivity index is 0.00000242. The summed E-state index contributed by atoms with van der Waals surface area (Å²) in [5.74, 6) is 0.602. The van der Waals surface area contributed by atoms with E-state index >= 15 is 0 Å². The Kier molecular flexibility index (Phi) is 8.10. The van der Waals surface area contributed by atoms with Crippen molar-refractivity contribution in [3.05, 3.63) is 0 Å². The first-order valence-corrected chi connectivity index (χ1v) is 9.61. The molecule has 6 nitrogen and oxygen atoms in total. The van der Waals surface area contributed by atoms with Crippen LogP contribution in [-0.2, 0) is 14.8 Å². The van der Waals surface area contributed by atoms with E-state index in [1.165, 1.54) is 6.42 Å². The maximum atomic E-state index is 11.8. The average Bonchev–Trinajstić information content (AvgIpc) is 2.72. The average molecular weight is 354 g/mol. The summed E-state index contributed by atoms with van der Waals surface area (Å²) in [4.78, 5) is 11.8. The predicted octanol–water partition coefficient (Wildman–Crippen LogP) is 0.761. The molecule has 0 radical (unpaired) electrons. The molecule has 0 unspecified atom stereocenters. The Morgan fingerprint density at radius 1 is 1.14 bits per heavy atom. The molecule has 2 aliphatic rings. The van der Waals surface area contributed by atoms with Crippen LogP contribution in [-0.4, -0.2) is 39.2 Å². The van der Waals surface area contributed by atoms with Crippen LogP contribution in [0.25, 0.3) is 0 Å². The first-order chi connectivity index (χ1) is 9.96. The van der Waals surface area contributed by atoms with E-state index in [1.54, 1.807) is 0 Å². The Bertz CT molecular complexity index is 454. The lowest BCUT2D eigenvalue weighted by atomic mass is 9.86. The van der Waals surface area contributed by atoms with Crippen LogP contribution in [0.15, 0.2) is 0 Å². The monoisotopic (exact) mass is 353 g/mol. The normalized spacial score (nSPS) is 25.3. The van der Waals surface area contributed by atoms with E-state index in [0.717, 1.165) is 32.1 Å². The summed E-state index contributed by atoms with van der Waals surface area (Å²) in [5, 5.41) is 2.69. The van der Waals surface area contributed by atoms with Crippen molar-refractivity contribution in [2.45, 2.75) is 51.0 Å². The number of nitrogens with one attached hydrogen (secondary N) is 2. The van der Waals surface area contributed by atoms with E-state index in [4.69, 9.17) is 5.73 Å². The van der Waals surface area contributed by atoms with Crippen LogP contribution in [0.1, 0.15) is 44.9 Å². The standard InChI is InChI=1S/C14H27N3O3S.ClH/c15-13-6-2-5-12(13)9-14(18)16-7-8-21(19,20)17-10-11-3-1-4-11;/h11-13,17H,1-10,15H2,(H,16,18);1H/t12-,13+;/m0./s1. The Labute approximate surface area is 139 Å². The molecule has 0 heterocycles. The molecule has 2 aliphatic carbocycles. The molecule has 130 valence electrons. The number of carbonyl (C=O) groups excluding carboxylic acids is 1. The van der Waals surface area contributed by atoms with Crippen molar-refractivity contribution >= 4 is 28.3 Å². The first-order valence-electron chi connectivity index (χ1n) is 7.96. The first kappa shape index (κ1) is 19.7. The van der Waals surface area contributed by atoms with Gasteiger partial charge in [0.25, 0.3) is 0 Å². The molecule has 0 aromatic carbocycles. The second-order valence-electron chi connectivity index (χ2n) is 6.37. The fraction of sp³-hybridized carbons (Fsp3) is 0.929. The summed E-state index contributed by atoms with van der Waals surface area (Å²) >= 11 is 0. The summed E-state index contributed by atoms with van der Waals surface area (Å²) in [7, 11) is -3.28. The highest BCUT2D eigenvalue weighted by atomic mass is 35.5. The zero-order chi connectivity index (χ0) is 15.3. The molecule has 0 aromatic heterocycles. The molecular weight excluding hydrogens is 326 g/mol. The molecule has 22 heavy (non-hydrogen) atoms. The molecule has 0 bridgehead atoms. The van der Waals surface area contributed by atoms with Gasteiger partial charge in [0.05, 0.1) is 5.75 Å². The van der Waals surface area contributed by atoms with Crippen LogP contribution in [0.3, 0.4) is 0 Å². The minimum absolute atomic E-state index is 0. The Morgan fingerprint density at radius 3 is 2.36 bits per heavy atom. The topological polar surface area (TPSA) is 101 Å². The fourth-order valence-corrected chi connectivity index (χ4v) is 3.97. The highest BCUT2D eigenvalue weighted by molar-refractivity contribution is 7.89. The quantitative estimate of drug-likeness (QED) is 0.599. The van der Waals surface area contributed by atoms with Crippen molar-refractivity contribution in [1.82, 2.24) is 10.0 Å². The van der Waals surface area contributed by atoms with Gasteiger partial charge < -0.3 is 11.1 Å². The third-order valence-electron chi connectivity index (χ3n) is 4.68. The van der Waals surface area contributed by atoms with Gasteiger partial charge >= 0.3 is 0 Å². The van der Waals surface area contributed by atoms with Gasteiger partial charge in [-0.1, -0.05) is 12.8 Å². The Hall–Kier alpha value is -0.370. The van der Waals surface area contributed by atoms with Crippen LogP contribution >= 0.6 is 12.4 Å². The van der Waals surface area contributed by atoms with Gasteiger partial charge in [-0.3, -0.25) is 4.79 Å². The highest BCUT2D eigenvalue weighted by Crippen LogP contribution is 2.26. The van der Waals surface area contributed by atoms with Crippen molar-refractivity contribution in [3.63, 3.8) is 0 Å². The number of nitrogens with two attached hydrogens (primary N) is 1. The summed E-state index contributed by atoms with van der Waals surface area (Å²) in [6.07, 6.45) is 6.90. The van der Waals surface area contributed by atoms with Gasteiger partial charge in [0.2, 0.25) is 15.9 Å². The molecule has 0 spiro atoms. The third-order valence-corrected chi connectivity index (χ3v) is 6.02. The molecule has 4 N–H and O–H groups in total. The molecule has 2 atom stereocenters. The van der Waals surface area contributed by atoms with Crippen molar-refractivity contribution in [1.29, 1.82) is 0 Å². The van der Waals surface area contributed by atoms with Gasteiger partial charge in [0.15, 0.2) is 0 Å². The highest BCUT2D eigenvalue weighted by Gasteiger charge is 2.26. The summed E-state index contributed by atoms with van der Waals surface area (Å²) in [6, 6.07) is 0.114. The second-order valence-corrected chi connectivity index (χ2v) is 8.30. The fourth-order valence-electron chi connectivity index (χ4n) is 2.97. The van der Waals surface area contributed by atoms with E-state index < -0.39 is 10.0 Å². The van der Waals surface area contributed by atoms with Gasteiger partial charge in [-0.2, -0.15) is 0 Å². The Morgan fingerprint density at radius 2 is 1.82 bits per heavy atom. The van der Waals surface area contributed by atoms with Crippen LogP contribution in [0.2, 0.25) is 0 Å². The SMILES string of the molecule is Cl.N[C@@H]1CCC[C@H]1CC(=O)NCCS(=O)(=O)NCC1CCC1. The van der Waals surface area contributed by atoms with Crippen LogP contribution in [0.5, 0.6) is 0 Å². The van der Waals surface area contributed by atoms with Crippen molar-refractivity contribution < 1.29 is 13.2 Å². The molecule has 0 aliphatic heterocycles. The van der Waals surface area contributed by atoms with Crippen LogP contribution < -0.4 is 15.8 Å². The zero-order valence-electron chi connectivity index (χ0n) is 12.9. The maximum absolute atomic E-state index is 11.8. The van der Waals surface area contributed by atoms with Gasteiger partial charge in [-0.25, -0.2) is 13.1 Å². The third kappa shape index (κ3) is 6.40. The van der Waals surface area contributed by atoms with E-state index in [9.17, 15) is 13.2 Å². The summed E-state index contributed by atoms with van der Waals surface area (Å²) in [5.41, 5.74) is 5.93. The molecule has 0 saturated heterocycles. The minimum atomic E-state index is -3.28. The lowest BCUT2D eigenvalue weighted by molar-refractivity contribution is -0.121. The van der Waals surface area contributed by atoms with Gasteiger partial charge in [-0.05, 0) is 37.5 Å². The minimum Gasteiger partial charge on any atom is -0.355 e. The van der Waals surface area contributed by atoms with E-state index in [0.29, 0.717) is 18.9 Å².